The summed E-state index contributed by atoms with van der Waals surface area (Å²) in [7, 11) is 0.0214. The van der Waals surface area contributed by atoms with Crippen LogP contribution in [0.15, 0.2) is 54.1 Å². The minimum atomic E-state index is -3.60. The molecule has 0 bridgehead atoms. The molecule has 4 aromatic rings. The van der Waals surface area contributed by atoms with Crippen molar-refractivity contribution in [1.82, 2.24) is 39.2 Å². The topological polar surface area (TPSA) is 123 Å². The maximum atomic E-state index is 12.9. The van der Waals surface area contributed by atoms with Crippen LogP contribution in [0.3, 0.4) is 0 Å². The smallest absolute Gasteiger partial charge is 0.262 e. The van der Waals surface area contributed by atoms with Gasteiger partial charge in [0.05, 0.1) is 28.8 Å². The van der Waals surface area contributed by atoms with Gasteiger partial charge in [0.25, 0.3) is 10.0 Å². The Balaban J connectivity index is 1.27. The molecule has 4 heterocycles. The van der Waals surface area contributed by atoms with Crippen LogP contribution in [0.1, 0.15) is 24.0 Å². The van der Waals surface area contributed by atoms with Crippen molar-refractivity contribution in [2.75, 3.05) is 25.5 Å². The van der Waals surface area contributed by atoms with Crippen molar-refractivity contribution in [3.05, 3.63) is 65.2 Å². The Morgan fingerprint density at radius 2 is 1.95 bits per heavy atom. The van der Waals surface area contributed by atoms with Crippen LogP contribution in [-0.2, 0) is 23.6 Å². The van der Waals surface area contributed by atoms with E-state index in [0.717, 1.165) is 23.4 Å². The third-order valence-electron chi connectivity index (χ3n) is 6.57. The van der Waals surface area contributed by atoms with E-state index in [2.05, 4.69) is 49.9 Å². The summed E-state index contributed by atoms with van der Waals surface area (Å²) in [6.07, 6.45) is 8.08. The number of benzene rings is 1. The number of anilines is 1. The number of nitrogens with zero attached hydrogens (tertiary/aromatic N) is 7. The van der Waals surface area contributed by atoms with Crippen LogP contribution in [0.2, 0.25) is 5.02 Å². The zero-order valence-electron chi connectivity index (χ0n) is 21.5. The highest BCUT2D eigenvalue weighted by atomic mass is 35.5. The third-order valence-corrected chi connectivity index (χ3v) is 8.64. The predicted molar refractivity (Wildman–Crippen MR) is 146 cm³/mol. The van der Waals surface area contributed by atoms with E-state index < -0.39 is 10.0 Å². The fourth-order valence-corrected chi connectivity index (χ4v) is 6.21. The lowest BCUT2D eigenvalue weighted by atomic mass is 10.1. The van der Waals surface area contributed by atoms with E-state index in [4.69, 9.17) is 11.6 Å². The standard InChI is InChI=1S/C25H30ClN9O2S/c1-17-12-18(13-27-2)4-5-22(17)35-16-19(14-29-35)24-21(26)15-28-25(31-24)30-20-6-10-34(11-7-20)38(36,37)23-8-9-33(3)32-23/h4-5,8-9,12,14-16,20,27H,6-7,10-11,13H2,1-3H3,(H,28,30,31). The zero-order chi connectivity index (χ0) is 26.9. The van der Waals surface area contributed by atoms with Gasteiger partial charge in [-0.25, -0.2) is 23.1 Å². The number of hydrogen-bond acceptors (Lipinski definition) is 8. The van der Waals surface area contributed by atoms with Crippen LogP contribution in [0.5, 0.6) is 0 Å². The van der Waals surface area contributed by atoms with Gasteiger partial charge < -0.3 is 10.6 Å². The van der Waals surface area contributed by atoms with Gasteiger partial charge >= 0.3 is 0 Å². The molecule has 3 aromatic heterocycles. The molecule has 1 aliphatic rings. The highest BCUT2D eigenvalue weighted by Gasteiger charge is 2.31. The minimum Gasteiger partial charge on any atom is -0.351 e. The lowest BCUT2D eigenvalue weighted by Gasteiger charge is -2.31. The SMILES string of the molecule is CNCc1ccc(-n2cc(-c3nc(NC4CCN(S(=O)(=O)c5ccn(C)n5)CC4)ncc3Cl)cn2)c(C)c1. The van der Waals surface area contributed by atoms with E-state index in [9.17, 15) is 8.42 Å². The molecule has 1 fully saturated rings. The summed E-state index contributed by atoms with van der Waals surface area (Å²) >= 11 is 6.47. The van der Waals surface area contributed by atoms with Crippen molar-refractivity contribution in [2.45, 2.75) is 37.4 Å². The summed E-state index contributed by atoms with van der Waals surface area (Å²) in [5.41, 5.74) is 4.65. The molecule has 200 valence electrons. The number of piperidine rings is 1. The molecular weight excluding hydrogens is 526 g/mol. The van der Waals surface area contributed by atoms with Crippen LogP contribution in [-0.4, -0.2) is 68.4 Å². The maximum Gasteiger partial charge on any atom is 0.262 e. The van der Waals surface area contributed by atoms with E-state index in [0.29, 0.717) is 42.6 Å². The van der Waals surface area contributed by atoms with Gasteiger partial charge in [-0.2, -0.15) is 14.5 Å². The van der Waals surface area contributed by atoms with Crippen molar-refractivity contribution in [2.24, 2.45) is 7.05 Å². The average molecular weight is 556 g/mol. The Morgan fingerprint density at radius 1 is 1.16 bits per heavy atom. The van der Waals surface area contributed by atoms with Crippen LogP contribution in [0.25, 0.3) is 16.9 Å². The van der Waals surface area contributed by atoms with E-state index in [1.165, 1.54) is 20.6 Å². The van der Waals surface area contributed by atoms with E-state index in [-0.39, 0.29) is 11.1 Å². The maximum absolute atomic E-state index is 12.9. The van der Waals surface area contributed by atoms with Gasteiger partial charge in [-0.15, -0.1) is 0 Å². The fourth-order valence-electron chi connectivity index (χ4n) is 4.59. The lowest BCUT2D eigenvalue weighted by molar-refractivity contribution is 0.328. The molecule has 1 aliphatic heterocycles. The molecule has 1 aromatic carbocycles. The molecule has 0 aliphatic carbocycles. The van der Waals surface area contributed by atoms with Crippen LogP contribution in [0, 0.1) is 6.92 Å². The van der Waals surface area contributed by atoms with Gasteiger partial charge in [0, 0.05) is 50.7 Å². The highest BCUT2D eigenvalue weighted by Crippen LogP contribution is 2.28. The fraction of sp³-hybridized carbons (Fsp3) is 0.360. The van der Waals surface area contributed by atoms with Gasteiger partial charge in [0.15, 0.2) is 5.03 Å². The first-order valence-corrected chi connectivity index (χ1v) is 14.1. The molecule has 0 radical (unpaired) electrons. The Hall–Kier alpha value is -3.32. The molecule has 11 nitrogen and oxygen atoms in total. The molecule has 0 unspecified atom stereocenters. The highest BCUT2D eigenvalue weighted by molar-refractivity contribution is 7.89. The Labute approximate surface area is 226 Å². The van der Waals surface area contributed by atoms with Crippen LogP contribution < -0.4 is 10.6 Å². The number of nitrogens with one attached hydrogen (secondary N) is 2. The first-order valence-electron chi connectivity index (χ1n) is 12.3. The second kappa shape index (κ2) is 10.8. The molecule has 0 amide bonds. The molecule has 0 saturated carbocycles. The third kappa shape index (κ3) is 5.44. The Morgan fingerprint density at radius 3 is 2.63 bits per heavy atom. The first-order chi connectivity index (χ1) is 18.2. The molecule has 0 spiro atoms. The Kier molecular flexibility index (Phi) is 7.48. The van der Waals surface area contributed by atoms with Crippen LogP contribution >= 0.6 is 11.6 Å². The number of halogens is 1. The molecule has 2 N–H and O–H groups in total. The quantitative estimate of drug-likeness (QED) is 0.340. The summed E-state index contributed by atoms with van der Waals surface area (Å²) in [6, 6.07) is 7.81. The van der Waals surface area contributed by atoms with E-state index in [1.807, 2.05) is 24.0 Å². The molecule has 1 saturated heterocycles. The lowest BCUT2D eigenvalue weighted by Crippen LogP contribution is -2.42. The summed E-state index contributed by atoms with van der Waals surface area (Å²) in [6.45, 7) is 3.63. The van der Waals surface area contributed by atoms with Gasteiger partial charge in [-0.1, -0.05) is 23.7 Å². The zero-order valence-corrected chi connectivity index (χ0v) is 23.0. The van der Waals surface area contributed by atoms with Crippen molar-refractivity contribution in [1.29, 1.82) is 0 Å². The van der Waals surface area contributed by atoms with Crippen molar-refractivity contribution in [3.63, 3.8) is 0 Å². The number of rotatable bonds is 8. The summed E-state index contributed by atoms with van der Waals surface area (Å²) in [5.74, 6) is 0.441. The summed E-state index contributed by atoms with van der Waals surface area (Å²) in [5, 5.41) is 15.6. The first kappa shape index (κ1) is 26.3. The number of hydrogen-bond donors (Lipinski definition) is 2. The second-order valence-electron chi connectivity index (χ2n) is 9.37. The average Bonchev–Trinajstić information content (AvgIpc) is 3.56. The Bertz CT molecular complexity index is 1540. The monoisotopic (exact) mass is 555 g/mol. The number of aromatic nitrogens is 6. The molecule has 13 heteroatoms. The molecular formula is C25H30ClN9O2S. The summed E-state index contributed by atoms with van der Waals surface area (Å²) in [4.78, 5) is 9.01. The van der Waals surface area contributed by atoms with Crippen molar-refractivity contribution >= 4 is 27.6 Å². The number of aryl methyl sites for hydroxylation is 2. The molecule has 5 rings (SSSR count). The van der Waals surface area contributed by atoms with Crippen molar-refractivity contribution in [3.8, 4) is 16.9 Å². The number of sulfonamides is 1. The second-order valence-corrected chi connectivity index (χ2v) is 11.7. The predicted octanol–water partition coefficient (Wildman–Crippen LogP) is 3.01. The molecule has 38 heavy (non-hydrogen) atoms. The summed E-state index contributed by atoms with van der Waals surface area (Å²) < 4.78 is 30.5. The van der Waals surface area contributed by atoms with Gasteiger partial charge in [0.2, 0.25) is 5.95 Å². The van der Waals surface area contributed by atoms with E-state index >= 15 is 0 Å². The molecule has 0 atom stereocenters. The largest absolute Gasteiger partial charge is 0.351 e. The van der Waals surface area contributed by atoms with Crippen molar-refractivity contribution < 1.29 is 8.42 Å². The van der Waals surface area contributed by atoms with E-state index in [1.54, 1.807) is 25.6 Å². The normalized spacial score (nSPS) is 15.2. The van der Waals surface area contributed by atoms with Gasteiger partial charge in [0.1, 0.15) is 0 Å². The minimum absolute atomic E-state index is 0.0284. The van der Waals surface area contributed by atoms with Crippen LogP contribution in [0.4, 0.5) is 5.95 Å². The van der Waals surface area contributed by atoms with Gasteiger partial charge in [-0.05, 0) is 50.1 Å². The van der Waals surface area contributed by atoms with Gasteiger partial charge in [-0.3, -0.25) is 4.68 Å².